The summed E-state index contributed by atoms with van der Waals surface area (Å²) in [4.78, 5) is 21.4. The Kier molecular flexibility index (Phi) is 5.24. The average Bonchev–Trinajstić information content (AvgIpc) is 2.23. The number of esters is 1. The number of rotatable bonds is 5. The third-order valence-corrected chi connectivity index (χ3v) is 1.56. The second-order valence-electron chi connectivity index (χ2n) is 2.54. The lowest BCUT2D eigenvalue weighted by Gasteiger charge is -2.19. The number of ether oxygens (including phenoxy) is 1. The van der Waals surface area contributed by atoms with Crippen LogP contribution in [-0.2, 0) is 14.3 Å². The molecule has 0 fully saturated rings. The number of aliphatic hydroxyl groups excluding tert-OH is 4. The molecule has 7 heteroatoms. The van der Waals surface area contributed by atoms with E-state index in [4.69, 9.17) is 20.4 Å². The van der Waals surface area contributed by atoms with E-state index in [1.807, 2.05) is 0 Å². The molecule has 14 heavy (non-hydrogen) atoms. The Balaban J connectivity index is 4.38. The van der Waals surface area contributed by atoms with Crippen molar-refractivity contribution in [1.82, 2.24) is 0 Å². The van der Waals surface area contributed by atoms with Crippen molar-refractivity contribution in [2.45, 2.75) is 18.3 Å². The lowest BCUT2D eigenvalue weighted by molar-refractivity contribution is -0.161. The van der Waals surface area contributed by atoms with Gasteiger partial charge in [-0.1, -0.05) is 0 Å². The number of hydrogen-bond donors (Lipinski definition) is 4. The molecular weight excluding hydrogens is 196 g/mol. The van der Waals surface area contributed by atoms with Crippen LogP contribution in [0.5, 0.6) is 0 Å². The van der Waals surface area contributed by atoms with Gasteiger partial charge in [0.05, 0.1) is 13.7 Å². The molecule has 0 unspecified atom stereocenters. The molecule has 0 saturated heterocycles. The van der Waals surface area contributed by atoms with Gasteiger partial charge in [-0.3, -0.25) is 4.79 Å². The van der Waals surface area contributed by atoms with Crippen LogP contribution in [0.25, 0.3) is 0 Å². The Bertz CT molecular complexity index is 214. The van der Waals surface area contributed by atoms with Crippen molar-refractivity contribution in [1.29, 1.82) is 0 Å². The van der Waals surface area contributed by atoms with Crippen LogP contribution in [0, 0.1) is 0 Å². The molecule has 0 saturated carbocycles. The van der Waals surface area contributed by atoms with Crippen LogP contribution >= 0.6 is 0 Å². The van der Waals surface area contributed by atoms with E-state index in [0.29, 0.717) is 0 Å². The van der Waals surface area contributed by atoms with E-state index < -0.39 is 36.7 Å². The molecule has 0 aromatic heterocycles. The van der Waals surface area contributed by atoms with Crippen LogP contribution in [0.1, 0.15) is 0 Å². The van der Waals surface area contributed by atoms with Gasteiger partial charge in [0.15, 0.2) is 6.10 Å². The zero-order valence-electron chi connectivity index (χ0n) is 7.45. The second-order valence-corrected chi connectivity index (χ2v) is 2.54. The summed E-state index contributed by atoms with van der Waals surface area (Å²) in [6, 6.07) is 0. The Hall–Kier alpha value is -1.02. The van der Waals surface area contributed by atoms with E-state index in [9.17, 15) is 9.59 Å². The molecule has 4 N–H and O–H groups in total. The summed E-state index contributed by atoms with van der Waals surface area (Å²) in [5.41, 5.74) is 0. The van der Waals surface area contributed by atoms with Crippen LogP contribution < -0.4 is 0 Å². The van der Waals surface area contributed by atoms with E-state index in [2.05, 4.69) is 4.74 Å². The van der Waals surface area contributed by atoms with E-state index in [-0.39, 0.29) is 0 Å². The minimum atomic E-state index is -2.11. The molecule has 3 atom stereocenters. The predicted molar refractivity (Wildman–Crippen MR) is 42.1 cm³/mol. The second kappa shape index (κ2) is 5.66. The molecular formula is C7H12O7. The molecule has 0 bridgehead atoms. The summed E-state index contributed by atoms with van der Waals surface area (Å²) in [5, 5.41) is 35.2. The molecule has 7 nitrogen and oxygen atoms in total. The quantitative estimate of drug-likeness (QED) is 0.277. The minimum Gasteiger partial charge on any atom is -0.463 e. The van der Waals surface area contributed by atoms with Crippen molar-refractivity contribution >= 4 is 11.8 Å². The van der Waals surface area contributed by atoms with E-state index in [0.717, 1.165) is 7.11 Å². The monoisotopic (exact) mass is 208 g/mol. The normalized spacial score (nSPS) is 16.9. The maximum Gasteiger partial charge on any atom is 0.377 e. The Morgan fingerprint density at radius 2 is 1.79 bits per heavy atom. The smallest absolute Gasteiger partial charge is 0.377 e. The van der Waals surface area contributed by atoms with Crippen molar-refractivity contribution in [3.05, 3.63) is 0 Å². The van der Waals surface area contributed by atoms with Crippen molar-refractivity contribution in [2.75, 3.05) is 13.7 Å². The van der Waals surface area contributed by atoms with Crippen molar-refractivity contribution < 1.29 is 34.8 Å². The molecule has 0 aliphatic heterocycles. The fraction of sp³-hybridized carbons (Fsp3) is 0.714. The van der Waals surface area contributed by atoms with E-state index in [1.54, 1.807) is 0 Å². The molecule has 0 aromatic carbocycles. The molecule has 0 amide bonds. The molecule has 0 aromatic rings. The van der Waals surface area contributed by atoms with Gasteiger partial charge in [-0.05, 0) is 0 Å². The van der Waals surface area contributed by atoms with E-state index >= 15 is 0 Å². The topological polar surface area (TPSA) is 124 Å². The van der Waals surface area contributed by atoms with Crippen LogP contribution in [0.3, 0.4) is 0 Å². The lowest BCUT2D eigenvalue weighted by Crippen LogP contribution is -2.46. The van der Waals surface area contributed by atoms with Gasteiger partial charge in [0, 0.05) is 0 Å². The van der Waals surface area contributed by atoms with Gasteiger partial charge >= 0.3 is 5.97 Å². The highest BCUT2D eigenvalue weighted by Crippen LogP contribution is 2.02. The third kappa shape index (κ3) is 3.04. The zero-order chi connectivity index (χ0) is 11.3. The summed E-state index contributed by atoms with van der Waals surface area (Å²) >= 11 is 0. The SMILES string of the molecule is COC(=O)C(=O)[C@H](O)[C@@H](O)[C@@H](O)CO. The molecule has 0 rings (SSSR count). The first-order chi connectivity index (χ1) is 6.45. The third-order valence-electron chi connectivity index (χ3n) is 1.56. The van der Waals surface area contributed by atoms with Gasteiger partial charge in [0.25, 0.3) is 5.78 Å². The summed E-state index contributed by atoms with van der Waals surface area (Å²) in [6.45, 7) is -0.841. The maximum atomic E-state index is 10.9. The Morgan fingerprint density at radius 1 is 1.29 bits per heavy atom. The van der Waals surface area contributed by atoms with Gasteiger partial charge in [0.2, 0.25) is 0 Å². The van der Waals surface area contributed by atoms with Crippen molar-refractivity contribution in [3.63, 3.8) is 0 Å². The number of aliphatic hydroxyl groups is 4. The molecule has 0 radical (unpaired) electrons. The summed E-state index contributed by atoms with van der Waals surface area (Å²) in [5.74, 6) is -2.71. The van der Waals surface area contributed by atoms with Gasteiger partial charge in [0.1, 0.15) is 12.2 Å². The van der Waals surface area contributed by atoms with Crippen LogP contribution in [0.2, 0.25) is 0 Å². The minimum absolute atomic E-state index is 0.841. The van der Waals surface area contributed by atoms with Crippen LogP contribution in [0.4, 0.5) is 0 Å². The molecule has 0 spiro atoms. The number of methoxy groups -OCH3 is 1. The predicted octanol–water partition coefficient (Wildman–Crippen LogP) is -3.20. The van der Waals surface area contributed by atoms with Crippen LogP contribution in [0.15, 0.2) is 0 Å². The van der Waals surface area contributed by atoms with Crippen molar-refractivity contribution in [3.8, 4) is 0 Å². The van der Waals surface area contributed by atoms with Gasteiger partial charge in [-0.2, -0.15) is 0 Å². The number of hydrogen-bond acceptors (Lipinski definition) is 7. The summed E-state index contributed by atoms with van der Waals surface area (Å²) in [7, 11) is 0.932. The highest BCUT2D eigenvalue weighted by Gasteiger charge is 2.34. The van der Waals surface area contributed by atoms with Gasteiger partial charge in [-0.15, -0.1) is 0 Å². The zero-order valence-corrected chi connectivity index (χ0v) is 7.45. The lowest BCUT2D eigenvalue weighted by atomic mass is 10.1. The first kappa shape index (κ1) is 13.0. The highest BCUT2D eigenvalue weighted by molar-refractivity contribution is 6.35. The largest absolute Gasteiger partial charge is 0.463 e. The highest BCUT2D eigenvalue weighted by atomic mass is 16.5. The number of carbonyl (C=O) groups is 2. The first-order valence-corrected chi connectivity index (χ1v) is 3.73. The van der Waals surface area contributed by atoms with Gasteiger partial charge in [-0.25, -0.2) is 4.79 Å². The fourth-order valence-corrected chi connectivity index (χ4v) is 0.695. The number of Topliss-reactive ketones (excluding diaryl/α,β-unsaturated/α-hetero) is 1. The van der Waals surface area contributed by atoms with Crippen molar-refractivity contribution in [2.24, 2.45) is 0 Å². The number of carbonyl (C=O) groups excluding carboxylic acids is 2. The fourth-order valence-electron chi connectivity index (χ4n) is 0.695. The molecule has 82 valence electrons. The molecule has 0 heterocycles. The summed E-state index contributed by atoms with van der Waals surface area (Å²) < 4.78 is 3.99. The van der Waals surface area contributed by atoms with Gasteiger partial charge < -0.3 is 25.2 Å². The Morgan fingerprint density at radius 3 is 2.14 bits per heavy atom. The molecule has 0 aliphatic carbocycles. The standard InChI is InChI=1S/C7H12O7/c1-14-7(13)6(12)5(11)4(10)3(9)2-8/h3-5,8-11H,2H2,1H3/t3-,4-,5+/m0/s1. The number of ketones is 1. The summed E-state index contributed by atoms with van der Waals surface area (Å²) in [6.07, 6.45) is -5.73. The Labute approximate surface area is 79.5 Å². The van der Waals surface area contributed by atoms with Crippen LogP contribution in [-0.4, -0.2) is 64.2 Å². The first-order valence-electron chi connectivity index (χ1n) is 3.73. The maximum absolute atomic E-state index is 10.9. The average molecular weight is 208 g/mol. The van der Waals surface area contributed by atoms with E-state index in [1.165, 1.54) is 0 Å². The molecule has 0 aliphatic rings.